The summed E-state index contributed by atoms with van der Waals surface area (Å²) in [6.45, 7) is 2.59. The van der Waals surface area contributed by atoms with E-state index < -0.39 is 0 Å². The maximum atomic E-state index is 5.82. The van der Waals surface area contributed by atoms with E-state index in [1.54, 1.807) is 11.3 Å². The smallest absolute Gasteiger partial charge is 0.120 e. The highest BCUT2D eigenvalue weighted by Gasteiger charge is 2.01. The first-order valence-electron chi connectivity index (χ1n) is 5.25. The van der Waals surface area contributed by atoms with E-state index in [2.05, 4.69) is 16.8 Å². The van der Waals surface area contributed by atoms with Crippen molar-refractivity contribution in [2.45, 2.75) is 19.6 Å². The molecule has 1 aromatic carbocycles. The van der Waals surface area contributed by atoms with Crippen LogP contribution in [0.1, 0.15) is 24.1 Å². The molecule has 1 heterocycles. The van der Waals surface area contributed by atoms with Crippen LogP contribution in [-0.2, 0) is 6.61 Å². The molecule has 0 aliphatic heterocycles. The standard InChI is InChI=1S/C13H15NOS/c1-10(14)12-3-2-4-13(7-12)15-8-11-5-6-16-9-11/h2-7,9-10H,8,14H2,1H3/t10-/m1/s1. The number of ether oxygens (including phenoxy) is 1. The van der Waals surface area contributed by atoms with E-state index in [9.17, 15) is 0 Å². The molecule has 0 aliphatic carbocycles. The van der Waals surface area contributed by atoms with Crippen molar-refractivity contribution < 1.29 is 4.74 Å². The highest BCUT2D eigenvalue weighted by molar-refractivity contribution is 7.07. The molecule has 2 N–H and O–H groups in total. The van der Waals surface area contributed by atoms with Crippen LogP contribution in [-0.4, -0.2) is 0 Å². The first-order valence-corrected chi connectivity index (χ1v) is 6.19. The van der Waals surface area contributed by atoms with Crippen molar-refractivity contribution in [2.75, 3.05) is 0 Å². The van der Waals surface area contributed by atoms with E-state index in [4.69, 9.17) is 10.5 Å². The summed E-state index contributed by atoms with van der Waals surface area (Å²) in [4.78, 5) is 0. The number of benzene rings is 1. The van der Waals surface area contributed by atoms with Crippen LogP contribution >= 0.6 is 11.3 Å². The first-order chi connectivity index (χ1) is 7.75. The minimum Gasteiger partial charge on any atom is -0.489 e. The van der Waals surface area contributed by atoms with E-state index in [-0.39, 0.29) is 6.04 Å². The quantitative estimate of drug-likeness (QED) is 0.879. The van der Waals surface area contributed by atoms with Gasteiger partial charge in [-0.15, -0.1) is 0 Å². The molecule has 0 bridgehead atoms. The molecule has 0 spiro atoms. The topological polar surface area (TPSA) is 35.2 Å². The molecule has 1 atom stereocenters. The molecule has 1 aromatic heterocycles. The fourth-order valence-electron chi connectivity index (χ4n) is 1.43. The van der Waals surface area contributed by atoms with Crippen molar-refractivity contribution in [1.29, 1.82) is 0 Å². The molecular weight excluding hydrogens is 218 g/mol. The van der Waals surface area contributed by atoms with Crippen molar-refractivity contribution in [2.24, 2.45) is 5.73 Å². The Morgan fingerprint density at radius 3 is 2.94 bits per heavy atom. The maximum absolute atomic E-state index is 5.82. The lowest BCUT2D eigenvalue weighted by Gasteiger charge is -2.09. The lowest BCUT2D eigenvalue weighted by molar-refractivity contribution is 0.306. The Balaban J connectivity index is 2.01. The van der Waals surface area contributed by atoms with Crippen LogP contribution in [0.3, 0.4) is 0 Å². The molecule has 0 amide bonds. The van der Waals surface area contributed by atoms with Gasteiger partial charge < -0.3 is 10.5 Å². The number of nitrogens with two attached hydrogens (primary N) is 1. The van der Waals surface area contributed by atoms with Crippen molar-refractivity contribution in [3.63, 3.8) is 0 Å². The predicted octanol–water partition coefficient (Wildman–Crippen LogP) is 3.35. The minimum atomic E-state index is 0.0460. The summed E-state index contributed by atoms with van der Waals surface area (Å²) >= 11 is 1.68. The zero-order chi connectivity index (χ0) is 11.4. The predicted molar refractivity (Wildman–Crippen MR) is 67.7 cm³/mol. The zero-order valence-electron chi connectivity index (χ0n) is 9.22. The van der Waals surface area contributed by atoms with Crippen LogP contribution in [0.4, 0.5) is 0 Å². The Morgan fingerprint density at radius 1 is 1.38 bits per heavy atom. The van der Waals surface area contributed by atoms with E-state index in [0.29, 0.717) is 6.61 Å². The van der Waals surface area contributed by atoms with Gasteiger partial charge in [-0.2, -0.15) is 11.3 Å². The molecule has 0 radical (unpaired) electrons. The fraction of sp³-hybridized carbons (Fsp3) is 0.231. The number of rotatable bonds is 4. The number of hydrogen-bond donors (Lipinski definition) is 1. The summed E-state index contributed by atoms with van der Waals surface area (Å²) in [7, 11) is 0. The Morgan fingerprint density at radius 2 is 2.25 bits per heavy atom. The van der Waals surface area contributed by atoms with Crippen molar-refractivity contribution in [1.82, 2.24) is 0 Å². The summed E-state index contributed by atoms with van der Waals surface area (Å²) in [5.74, 6) is 0.876. The van der Waals surface area contributed by atoms with Crippen molar-refractivity contribution >= 4 is 11.3 Å². The van der Waals surface area contributed by atoms with Crippen LogP contribution in [0.2, 0.25) is 0 Å². The SMILES string of the molecule is C[C@@H](N)c1cccc(OCc2ccsc2)c1. The van der Waals surface area contributed by atoms with E-state index in [1.165, 1.54) is 5.56 Å². The van der Waals surface area contributed by atoms with Gasteiger partial charge in [0.05, 0.1) is 0 Å². The molecule has 2 rings (SSSR count). The van der Waals surface area contributed by atoms with Gasteiger partial charge in [0.1, 0.15) is 12.4 Å². The average Bonchev–Trinajstić information content (AvgIpc) is 2.79. The van der Waals surface area contributed by atoms with E-state index >= 15 is 0 Å². The largest absolute Gasteiger partial charge is 0.489 e. The summed E-state index contributed by atoms with van der Waals surface area (Å²) in [6.07, 6.45) is 0. The number of thiophene rings is 1. The molecule has 84 valence electrons. The van der Waals surface area contributed by atoms with Gasteiger partial charge in [-0.3, -0.25) is 0 Å². The highest BCUT2D eigenvalue weighted by atomic mass is 32.1. The summed E-state index contributed by atoms with van der Waals surface area (Å²) in [5.41, 5.74) is 8.12. The van der Waals surface area contributed by atoms with Gasteiger partial charge in [0.15, 0.2) is 0 Å². The average molecular weight is 233 g/mol. The Kier molecular flexibility index (Phi) is 3.59. The minimum absolute atomic E-state index is 0.0460. The normalized spacial score (nSPS) is 12.4. The maximum Gasteiger partial charge on any atom is 0.120 e. The van der Waals surface area contributed by atoms with Gasteiger partial charge >= 0.3 is 0 Å². The summed E-state index contributed by atoms with van der Waals surface area (Å²) in [5, 5.41) is 4.15. The second kappa shape index (κ2) is 5.14. The summed E-state index contributed by atoms with van der Waals surface area (Å²) < 4.78 is 5.69. The van der Waals surface area contributed by atoms with Crippen LogP contribution < -0.4 is 10.5 Å². The Hall–Kier alpha value is -1.32. The van der Waals surface area contributed by atoms with Gasteiger partial charge in [0, 0.05) is 6.04 Å². The second-order valence-electron chi connectivity index (χ2n) is 3.78. The zero-order valence-corrected chi connectivity index (χ0v) is 10.0. The molecule has 0 saturated carbocycles. The number of hydrogen-bond acceptors (Lipinski definition) is 3. The molecule has 16 heavy (non-hydrogen) atoms. The van der Waals surface area contributed by atoms with Crippen LogP contribution in [0, 0.1) is 0 Å². The second-order valence-corrected chi connectivity index (χ2v) is 4.56. The van der Waals surface area contributed by atoms with Gasteiger partial charge in [-0.25, -0.2) is 0 Å². The van der Waals surface area contributed by atoms with Crippen molar-refractivity contribution in [3.05, 3.63) is 52.2 Å². The van der Waals surface area contributed by atoms with E-state index in [0.717, 1.165) is 11.3 Å². The third kappa shape index (κ3) is 2.84. The molecule has 0 fully saturated rings. The molecule has 2 nitrogen and oxygen atoms in total. The third-order valence-corrected chi connectivity index (χ3v) is 3.10. The fourth-order valence-corrected chi connectivity index (χ4v) is 2.08. The van der Waals surface area contributed by atoms with Crippen LogP contribution in [0.15, 0.2) is 41.1 Å². The van der Waals surface area contributed by atoms with Gasteiger partial charge in [-0.05, 0) is 47.0 Å². The summed E-state index contributed by atoms with van der Waals surface area (Å²) in [6, 6.07) is 10.1. The van der Waals surface area contributed by atoms with Gasteiger partial charge in [-0.1, -0.05) is 12.1 Å². The van der Waals surface area contributed by atoms with Gasteiger partial charge in [0.2, 0.25) is 0 Å². The van der Waals surface area contributed by atoms with Crippen LogP contribution in [0.25, 0.3) is 0 Å². The van der Waals surface area contributed by atoms with E-state index in [1.807, 2.05) is 31.2 Å². The first kappa shape index (κ1) is 11.2. The molecule has 3 heteroatoms. The molecule has 0 saturated heterocycles. The molecular formula is C13H15NOS. The lowest BCUT2D eigenvalue weighted by Crippen LogP contribution is -2.05. The Labute approximate surface area is 99.7 Å². The monoisotopic (exact) mass is 233 g/mol. The van der Waals surface area contributed by atoms with Crippen molar-refractivity contribution in [3.8, 4) is 5.75 Å². The highest BCUT2D eigenvalue weighted by Crippen LogP contribution is 2.19. The Bertz CT molecular complexity index is 437. The lowest BCUT2D eigenvalue weighted by atomic mass is 10.1. The van der Waals surface area contributed by atoms with Crippen LogP contribution in [0.5, 0.6) is 5.75 Å². The molecule has 0 unspecified atom stereocenters. The molecule has 0 aliphatic rings. The molecule has 2 aromatic rings. The third-order valence-electron chi connectivity index (χ3n) is 2.37. The van der Waals surface area contributed by atoms with Gasteiger partial charge in [0.25, 0.3) is 0 Å².